The number of rotatable bonds is 7. The van der Waals surface area contributed by atoms with Crippen LogP contribution in [0.1, 0.15) is 58.4 Å². The van der Waals surface area contributed by atoms with Crippen LogP contribution in [0.15, 0.2) is 18.2 Å². The Morgan fingerprint density at radius 2 is 2.24 bits per heavy atom. The van der Waals surface area contributed by atoms with Gasteiger partial charge in [-0.3, -0.25) is 4.79 Å². The summed E-state index contributed by atoms with van der Waals surface area (Å²) in [6, 6.07) is 7.26. The fraction of sp³-hybridized carbons (Fsp3) is 0.600. The van der Waals surface area contributed by atoms with Gasteiger partial charge in [0.25, 0.3) is 5.91 Å². The zero-order valence-electron chi connectivity index (χ0n) is 15.4. The summed E-state index contributed by atoms with van der Waals surface area (Å²) >= 11 is 0. The first-order valence-electron chi connectivity index (χ1n) is 9.17. The largest absolute Gasteiger partial charge is 0.492 e. The Hall–Kier alpha value is -2.06. The smallest absolute Gasteiger partial charge is 0.256 e. The molecule has 0 spiro atoms. The number of nitrogens with zero attached hydrogens (tertiary/aromatic N) is 1. The second kappa shape index (κ2) is 8.87. The van der Waals surface area contributed by atoms with Gasteiger partial charge in [-0.2, -0.15) is 5.26 Å². The summed E-state index contributed by atoms with van der Waals surface area (Å²) in [4.78, 5) is 13.0. The van der Waals surface area contributed by atoms with Crippen molar-refractivity contribution in [1.29, 1.82) is 5.26 Å². The predicted molar refractivity (Wildman–Crippen MR) is 97.6 cm³/mol. The van der Waals surface area contributed by atoms with Crippen molar-refractivity contribution in [3.8, 4) is 11.8 Å². The van der Waals surface area contributed by atoms with Gasteiger partial charge < -0.3 is 14.8 Å². The van der Waals surface area contributed by atoms with Crippen LogP contribution in [0.3, 0.4) is 0 Å². The molecule has 25 heavy (non-hydrogen) atoms. The van der Waals surface area contributed by atoms with Crippen molar-refractivity contribution in [2.75, 3.05) is 18.5 Å². The molecule has 5 heteroatoms. The molecule has 1 amide bonds. The maximum atomic E-state index is 13.0. The lowest BCUT2D eigenvalue weighted by atomic mass is 9.78. The van der Waals surface area contributed by atoms with E-state index in [9.17, 15) is 10.1 Å². The molecule has 2 rings (SSSR count). The normalized spacial score (nSPS) is 22.9. The minimum Gasteiger partial charge on any atom is -0.492 e. The van der Waals surface area contributed by atoms with Crippen LogP contribution in [0.25, 0.3) is 0 Å². The van der Waals surface area contributed by atoms with Crippen LogP contribution in [0.5, 0.6) is 5.75 Å². The summed E-state index contributed by atoms with van der Waals surface area (Å²) in [6.45, 7) is 7.15. The molecule has 1 aliphatic carbocycles. The molecule has 0 radical (unpaired) electrons. The van der Waals surface area contributed by atoms with Gasteiger partial charge in [-0.25, -0.2) is 0 Å². The van der Waals surface area contributed by atoms with E-state index in [0.29, 0.717) is 36.1 Å². The number of anilines is 1. The minimum absolute atomic E-state index is 0.111. The molecule has 1 fully saturated rings. The molecule has 1 aromatic carbocycles. The van der Waals surface area contributed by atoms with E-state index in [4.69, 9.17) is 9.47 Å². The van der Waals surface area contributed by atoms with Crippen molar-refractivity contribution in [1.82, 2.24) is 0 Å². The third kappa shape index (κ3) is 4.73. The molecule has 1 N–H and O–H groups in total. The van der Waals surface area contributed by atoms with Crippen LogP contribution in [-0.4, -0.2) is 24.7 Å². The Bertz CT molecular complexity index is 638. The highest BCUT2D eigenvalue weighted by atomic mass is 16.5. The Balaban J connectivity index is 2.19. The van der Waals surface area contributed by atoms with E-state index in [2.05, 4.69) is 18.3 Å². The molecule has 0 aromatic heterocycles. The first kappa shape index (κ1) is 19.3. The van der Waals surface area contributed by atoms with Crippen LogP contribution >= 0.6 is 0 Å². The fourth-order valence-electron chi connectivity index (χ4n) is 3.42. The van der Waals surface area contributed by atoms with Gasteiger partial charge in [0.15, 0.2) is 0 Å². The first-order valence-corrected chi connectivity index (χ1v) is 9.17. The number of benzene rings is 1. The quantitative estimate of drug-likeness (QED) is 0.802. The van der Waals surface area contributed by atoms with Gasteiger partial charge >= 0.3 is 0 Å². The molecule has 0 aliphatic heterocycles. The highest BCUT2D eigenvalue weighted by molar-refractivity contribution is 5.97. The number of hydrogen-bond donors (Lipinski definition) is 1. The third-order valence-electron chi connectivity index (χ3n) is 4.61. The second-order valence-electron chi connectivity index (χ2n) is 6.75. The summed E-state index contributed by atoms with van der Waals surface area (Å²) in [5.41, 5.74) is 0.252. The molecule has 1 aliphatic rings. The van der Waals surface area contributed by atoms with Gasteiger partial charge in [0, 0.05) is 12.3 Å². The highest BCUT2D eigenvalue weighted by Crippen LogP contribution is 2.36. The molecule has 0 unspecified atom stereocenters. The topological polar surface area (TPSA) is 71.3 Å². The molecular weight excluding hydrogens is 316 g/mol. The van der Waals surface area contributed by atoms with E-state index >= 15 is 0 Å². The van der Waals surface area contributed by atoms with E-state index in [-0.39, 0.29) is 5.91 Å². The van der Waals surface area contributed by atoms with Gasteiger partial charge in [-0.15, -0.1) is 0 Å². The van der Waals surface area contributed by atoms with Crippen molar-refractivity contribution in [2.24, 2.45) is 5.92 Å². The Morgan fingerprint density at radius 1 is 1.44 bits per heavy atom. The lowest BCUT2D eigenvalue weighted by Crippen LogP contribution is -2.48. The van der Waals surface area contributed by atoms with Gasteiger partial charge in [-0.1, -0.05) is 20.3 Å². The van der Waals surface area contributed by atoms with Crippen molar-refractivity contribution in [3.63, 3.8) is 0 Å². The molecular formula is C20H28N2O3. The fourth-order valence-corrected chi connectivity index (χ4v) is 3.42. The predicted octanol–water partition coefficient (Wildman–Crippen LogP) is 4.27. The summed E-state index contributed by atoms with van der Waals surface area (Å²) in [6.07, 6.45) is 4.48. The van der Waals surface area contributed by atoms with Crippen molar-refractivity contribution in [3.05, 3.63) is 23.8 Å². The first-order chi connectivity index (χ1) is 12.0. The zero-order chi connectivity index (χ0) is 18.3. The lowest BCUT2D eigenvalue weighted by Gasteiger charge is -2.38. The van der Waals surface area contributed by atoms with E-state index in [1.54, 1.807) is 18.2 Å². The number of ether oxygens (including phenoxy) is 2. The molecule has 136 valence electrons. The van der Waals surface area contributed by atoms with Gasteiger partial charge in [-0.05, 0) is 56.7 Å². The number of amides is 1. The third-order valence-corrected chi connectivity index (χ3v) is 4.61. The maximum absolute atomic E-state index is 13.0. The number of carbonyl (C=O) groups is 1. The van der Waals surface area contributed by atoms with Crippen molar-refractivity contribution in [2.45, 2.75) is 58.5 Å². The number of carbonyl (C=O) groups excluding carboxylic acids is 1. The summed E-state index contributed by atoms with van der Waals surface area (Å²) in [5, 5.41) is 12.2. The molecule has 1 aromatic rings. The van der Waals surface area contributed by atoms with Gasteiger partial charge in [0.2, 0.25) is 0 Å². The monoisotopic (exact) mass is 344 g/mol. The van der Waals surface area contributed by atoms with E-state index in [0.717, 1.165) is 32.1 Å². The Labute approximate surface area is 150 Å². The van der Waals surface area contributed by atoms with Crippen LogP contribution in [0.2, 0.25) is 0 Å². The lowest BCUT2D eigenvalue weighted by molar-refractivity contribution is -0.148. The highest BCUT2D eigenvalue weighted by Gasteiger charge is 2.42. The standard InChI is InChI=1S/C20H28N2O3/c1-4-11-25-20(10-6-7-15(3)13-20)19(23)22-17-8-9-18(24-5-2)16(12-17)14-21/h8-9,12,15H,4-7,10-11,13H2,1-3H3,(H,22,23)/t15-,20-/m1/s1. The zero-order valence-corrected chi connectivity index (χ0v) is 15.4. The number of nitrogens with one attached hydrogen (secondary N) is 1. The van der Waals surface area contributed by atoms with Crippen LogP contribution in [-0.2, 0) is 9.53 Å². The van der Waals surface area contributed by atoms with Crippen LogP contribution in [0, 0.1) is 17.2 Å². The summed E-state index contributed by atoms with van der Waals surface area (Å²) < 4.78 is 11.5. The van der Waals surface area contributed by atoms with Crippen molar-refractivity contribution < 1.29 is 14.3 Å². The number of hydrogen-bond acceptors (Lipinski definition) is 4. The Kier molecular flexibility index (Phi) is 6.83. The van der Waals surface area contributed by atoms with Crippen LogP contribution in [0.4, 0.5) is 5.69 Å². The molecule has 5 nitrogen and oxygen atoms in total. The van der Waals surface area contributed by atoms with E-state index in [1.807, 2.05) is 13.8 Å². The average Bonchev–Trinajstić information content (AvgIpc) is 2.61. The van der Waals surface area contributed by atoms with E-state index in [1.165, 1.54) is 0 Å². The minimum atomic E-state index is -0.765. The summed E-state index contributed by atoms with van der Waals surface area (Å²) in [5.74, 6) is 0.887. The van der Waals surface area contributed by atoms with Gasteiger partial charge in [0.05, 0.1) is 12.2 Å². The molecule has 0 heterocycles. The molecule has 2 atom stereocenters. The molecule has 1 saturated carbocycles. The number of nitriles is 1. The van der Waals surface area contributed by atoms with Crippen molar-refractivity contribution >= 4 is 11.6 Å². The molecule has 0 saturated heterocycles. The maximum Gasteiger partial charge on any atom is 0.256 e. The SMILES string of the molecule is CCCO[C@]1(C(=O)Nc2ccc(OCC)c(C#N)c2)CCC[C@@H](C)C1. The average molecular weight is 344 g/mol. The molecule has 0 bridgehead atoms. The van der Waals surface area contributed by atoms with Gasteiger partial charge in [0.1, 0.15) is 17.4 Å². The second-order valence-corrected chi connectivity index (χ2v) is 6.75. The van der Waals surface area contributed by atoms with E-state index < -0.39 is 5.60 Å². The van der Waals surface area contributed by atoms with Crippen LogP contribution < -0.4 is 10.1 Å². The summed E-state index contributed by atoms with van der Waals surface area (Å²) in [7, 11) is 0. The Morgan fingerprint density at radius 3 is 2.88 bits per heavy atom.